The highest BCUT2D eigenvalue weighted by Gasteiger charge is 2.35. The fraction of sp³-hybridized carbons (Fsp3) is 0.938. The van der Waals surface area contributed by atoms with E-state index in [1.54, 1.807) is 0 Å². The molecule has 2 N–H and O–H groups in total. The highest BCUT2D eigenvalue weighted by molar-refractivity contribution is 8.00. The van der Waals surface area contributed by atoms with Gasteiger partial charge in [0, 0.05) is 30.5 Å². The Kier molecular flexibility index (Phi) is 7.86. The molecule has 1 aliphatic carbocycles. The zero-order valence-electron chi connectivity index (χ0n) is 13.5. The van der Waals surface area contributed by atoms with E-state index < -0.39 is 0 Å². The van der Waals surface area contributed by atoms with Crippen LogP contribution in [-0.4, -0.2) is 41.4 Å². The van der Waals surface area contributed by atoms with Crippen LogP contribution in [0.25, 0.3) is 0 Å². The molecule has 5 heteroatoms. The Morgan fingerprint density at radius 1 is 1.33 bits per heavy atom. The van der Waals surface area contributed by atoms with Crippen molar-refractivity contribution in [2.24, 2.45) is 17.1 Å². The number of amides is 1. The molecule has 0 radical (unpaired) electrons. The first kappa shape index (κ1) is 19.1. The molecule has 2 rings (SSSR count). The lowest BCUT2D eigenvalue weighted by Gasteiger charge is -2.39. The van der Waals surface area contributed by atoms with Crippen LogP contribution >= 0.6 is 24.2 Å². The molecule has 0 aromatic heterocycles. The minimum absolute atomic E-state index is 0. The maximum atomic E-state index is 12.7. The Morgan fingerprint density at radius 2 is 2.00 bits per heavy atom. The van der Waals surface area contributed by atoms with Gasteiger partial charge < -0.3 is 10.6 Å². The lowest BCUT2D eigenvalue weighted by Crippen LogP contribution is -2.46. The Hall–Kier alpha value is 0.0700. The van der Waals surface area contributed by atoms with Gasteiger partial charge in [-0.3, -0.25) is 4.79 Å². The van der Waals surface area contributed by atoms with Crippen molar-refractivity contribution >= 4 is 30.1 Å². The van der Waals surface area contributed by atoms with Crippen LogP contribution in [0.4, 0.5) is 0 Å². The summed E-state index contributed by atoms with van der Waals surface area (Å²) < 4.78 is 0. The molecule has 21 heavy (non-hydrogen) atoms. The molecule has 0 aromatic rings. The Balaban J connectivity index is 0.00000220. The van der Waals surface area contributed by atoms with Gasteiger partial charge >= 0.3 is 0 Å². The molecule has 1 amide bonds. The predicted molar refractivity (Wildman–Crippen MR) is 94.1 cm³/mol. The van der Waals surface area contributed by atoms with Crippen LogP contribution in [0, 0.1) is 11.3 Å². The standard InChI is InChI=1S/C16H30N2OS.ClH/c1-13(2)14-11-18(8-9-20-14)15(19)10-16(12-17)6-4-3-5-7-16;/h13-14H,3-12,17H2,1-2H3;1H. The fourth-order valence-corrected chi connectivity index (χ4v) is 4.79. The van der Waals surface area contributed by atoms with Crippen molar-refractivity contribution in [3.05, 3.63) is 0 Å². The number of hydrogen-bond donors (Lipinski definition) is 1. The smallest absolute Gasteiger partial charge is 0.223 e. The van der Waals surface area contributed by atoms with Gasteiger partial charge in [-0.1, -0.05) is 33.1 Å². The zero-order chi connectivity index (χ0) is 14.6. The van der Waals surface area contributed by atoms with E-state index in [1.165, 1.54) is 19.3 Å². The van der Waals surface area contributed by atoms with E-state index in [4.69, 9.17) is 5.73 Å². The highest BCUT2D eigenvalue weighted by Crippen LogP contribution is 2.39. The summed E-state index contributed by atoms with van der Waals surface area (Å²) in [6.07, 6.45) is 6.77. The molecule has 0 spiro atoms. The molecule has 3 nitrogen and oxygen atoms in total. The topological polar surface area (TPSA) is 46.3 Å². The lowest BCUT2D eigenvalue weighted by atomic mass is 9.71. The minimum Gasteiger partial charge on any atom is -0.341 e. The molecule has 1 atom stereocenters. The second-order valence-electron chi connectivity index (χ2n) is 6.93. The molecule has 124 valence electrons. The summed E-state index contributed by atoms with van der Waals surface area (Å²) in [6.45, 7) is 7.05. The summed E-state index contributed by atoms with van der Waals surface area (Å²) in [7, 11) is 0. The van der Waals surface area contributed by atoms with E-state index in [-0.39, 0.29) is 17.8 Å². The van der Waals surface area contributed by atoms with Crippen LogP contribution in [0.3, 0.4) is 0 Å². The quantitative estimate of drug-likeness (QED) is 0.858. The van der Waals surface area contributed by atoms with Crippen molar-refractivity contribution in [2.75, 3.05) is 25.4 Å². The highest BCUT2D eigenvalue weighted by atomic mass is 35.5. The lowest BCUT2D eigenvalue weighted by molar-refractivity contribution is -0.134. The van der Waals surface area contributed by atoms with Gasteiger partial charge in [0.25, 0.3) is 0 Å². The third-order valence-electron chi connectivity index (χ3n) is 5.06. The van der Waals surface area contributed by atoms with Crippen molar-refractivity contribution in [1.29, 1.82) is 0 Å². The van der Waals surface area contributed by atoms with Crippen LogP contribution < -0.4 is 5.73 Å². The number of nitrogens with zero attached hydrogens (tertiary/aromatic N) is 1. The second kappa shape index (κ2) is 8.64. The van der Waals surface area contributed by atoms with Gasteiger partial charge in [0.05, 0.1) is 0 Å². The maximum absolute atomic E-state index is 12.7. The molecule has 1 saturated carbocycles. The van der Waals surface area contributed by atoms with Gasteiger partial charge in [-0.25, -0.2) is 0 Å². The van der Waals surface area contributed by atoms with E-state index in [2.05, 4.69) is 18.7 Å². The average Bonchev–Trinajstić information content (AvgIpc) is 2.48. The first-order valence-electron chi connectivity index (χ1n) is 8.16. The molecule has 2 fully saturated rings. The predicted octanol–water partition coefficient (Wildman–Crippen LogP) is 3.31. The van der Waals surface area contributed by atoms with Crippen molar-refractivity contribution in [3.63, 3.8) is 0 Å². The molecule has 1 unspecified atom stereocenters. The van der Waals surface area contributed by atoms with E-state index >= 15 is 0 Å². The third-order valence-corrected chi connectivity index (χ3v) is 6.60. The number of nitrogens with two attached hydrogens (primary N) is 1. The molecular formula is C16H31ClN2OS. The summed E-state index contributed by atoms with van der Waals surface area (Å²) >= 11 is 2.02. The van der Waals surface area contributed by atoms with Gasteiger partial charge in [0.1, 0.15) is 0 Å². The van der Waals surface area contributed by atoms with Gasteiger partial charge in [-0.2, -0.15) is 11.8 Å². The first-order chi connectivity index (χ1) is 9.56. The van der Waals surface area contributed by atoms with Crippen LogP contribution in [-0.2, 0) is 4.79 Å². The van der Waals surface area contributed by atoms with E-state index in [0.29, 0.717) is 30.0 Å². The molecule has 2 aliphatic rings. The number of carbonyl (C=O) groups is 1. The molecule has 0 aromatic carbocycles. The van der Waals surface area contributed by atoms with Gasteiger partial charge in [-0.15, -0.1) is 12.4 Å². The van der Waals surface area contributed by atoms with E-state index in [0.717, 1.165) is 31.7 Å². The molecular weight excluding hydrogens is 304 g/mol. The Bertz CT molecular complexity index is 332. The largest absolute Gasteiger partial charge is 0.341 e. The number of rotatable bonds is 4. The van der Waals surface area contributed by atoms with Crippen molar-refractivity contribution in [1.82, 2.24) is 4.90 Å². The van der Waals surface area contributed by atoms with Crippen molar-refractivity contribution in [2.45, 2.75) is 57.6 Å². The van der Waals surface area contributed by atoms with Gasteiger partial charge in [-0.05, 0) is 30.7 Å². The first-order valence-corrected chi connectivity index (χ1v) is 9.21. The molecule has 1 heterocycles. The second-order valence-corrected chi connectivity index (χ2v) is 8.28. The average molecular weight is 335 g/mol. The Morgan fingerprint density at radius 3 is 2.57 bits per heavy atom. The summed E-state index contributed by atoms with van der Waals surface area (Å²) in [5.41, 5.74) is 6.12. The summed E-state index contributed by atoms with van der Waals surface area (Å²) in [5, 5.41) is 0.605. The molecule has 0 bridgehead atoms. The SMILES string of the molecule is CC(C)C1CN(C(=O)CC2(CN)CCCCC2)CCS1.Cl. The number of hydrogen-bond acceptors (Lipinski definition) is 3. The summed E-state index contributed by atoms with van der Waals surface area (Å²) in [5.74, 6) is 2.08. The molecule has 1 saturated heterocycles. The normalized spacial score (nSPS) is 25.5. The number of carbonyl (C=O) groups excluding carboxylic acids is 1. The zero-order valence-corrected chi connectivity index (χ0v) is 15.1. The number of thioether (sulfide) groups is 1. The third kappa shape index (κ3) is 5.04. The maximum Gasteiger partial charge on any atom is 0.223 e. The van der Waals surface area contributed by atoms with E-state index in [1.807, 2.05) is 11.8 Å². The van der Waals surface area contributed by atoms with Crippen LogP contribution in [0.5, 0.6) is 0 Å². The van der Waals surface area contributed by atoms with Crippen LogP contribution in [0.15, 0.2) is 0 Å². The van der Waals surface area contributed by atoms with Crippen LogP contribution in [0.2, 0.25) is 0 Å². The van der Waals surface area contributed by atoms with Gasteiger partial charge in [0.15, 0.2) is 0 Å². The van der Waals surface area contributed by atoms with Gasteiger partial charge in [0.2, 0.25) is 5.91 Å². The molecule has 1 aliphatic heterocycles. The summed E-state index contributed by atoms with van der Waals surface area (Å²) in [4.78, 5) is 14.8. The van der Waals surface area contributed by atoms with Crippen molar-refractivity contribution < 1.29 is 4.79 Å². The minimum atomic E-state index is 0. The Labute approximate surface area is 140 Å². The van der Waals surface area contributed by atoms with E-state index in [9.17, 15) is 4.79 Å². The summed E-state index contributed by atoms with van der Waals surface area (Å²) in [6, 6.07) is 0. The van der Waals surface area contributed by atoms with Crippen molar-refractivity contribution in [3.8, 4) is 0 Å². The monoisotopic (exact) mass is 334 g/mol. The number of halogens is 1. The van der Waals surface area contributed by atoms with Crippen LogP contribution in [0.1, 0.15) is 52.4 Å². The fourth-order valence-electron chi connectivity index (χ4n) is 3.49.